The quantitative estimate of drug-likeness (QED) is 0.867. The highest BCUT2D eigenvalue weighted by atomic mass is 35.5. The van der Waals surface area contributed by atoms with E-state index in [9.17, 15) is 4.39 Å². The van der Waals surface area contributed by atoms with Crippen molar-refractivity contribution in [2.24, 2.45) is 5.92 Å². The van der Waals surface area contributed by atoms with Crippen molar-refractivity contribution < 1.29 is 4.39 Å². The van der Waals surface area contributed by atoms with Crippen LogP contribution in [0.2, 0.25) is 5.02 Å². The molecule has 88 valence electrons. The third-order valence-corrected chi connectivity index (χ3v) is 3.33. The summed E-state index contributed by atoms with van der Waals surface area (Å²) in [6.45, 7) is 0.788. The van der Waals surface area contributed by atoms with Crippen molar-refractivity contribution in [1.29, 1.82) is 0 Å². The Hall–Kier alpha value is -0.830. The number of nitrogens with one attached hydrogen (secondary N) is 1. The topological polar surface area (TPSA) is 24.9 Å². The summed E-state index contributed by atoms with van der Waals surface area (Å²) in [6, 6.07) is 1.28. The molecule has 0 bridgehead atoms. The molecular weight excluding hydrogens is 227 g/mol. The van der Waals surface area contributed by atoms with E-state index in [1.807, 2.05) is 0 Å². The van der Waals surface area contributed by atoms with Gasteiger partial charge in [-0.1, -0.05) is 37.3 Å². The molecule has 0 aromatic carbocycles. The first-order valence-electron chi connectivity index (χ1n) is 5.80. The lowest BCUT2D eigenvalue weighted by molar-refractivity contribution is 0.517. The van der Waals surface area contributed by atoms with Gasteiger partial charge in [0.05, 0.1) is 5.02 Å². The lowest BCUT2D eigenvalue weighted by Gasteiger charge is -2.10. The van der Waals surface area contributed by atoms with E-state index in [-0.39, 0.29) is 5.82 Å². The van der Waals surface area contributed by atoms with Crippen molar-refractivity contribution in [2.75, 3.05) is 11.9 Å². The Labute approximate surface area is 100 Å². The number of nitrogens with zero attached hydrogens (tertiary/aromatic N) is 1. The average molecular weight is 243 g/mol. The molecule has 1 heterocycles. The molecule has 1 saturated carbocycles. The molecule has 2 nitrogen and oxygen atoms in total. The van der Waals surface area contributed by atoms with Crippen molar-refractivity contribution in [2.45, 2.75) is 32.1 Å². The van der Waals surface area contributed by atoms with Crippen LogP contribution in [-0.2, 0) is 0 Å². The molecule has 1 aliphatic carbocycles. The molecule has 0 aliphatic heterocycles. The Bertz CT molecular complexity index is 351. The van der Waals surface area contributed by atoms with Crippen molar-refractivity contribution in [3.8, 4) is 0 Å². The maximum absolute atomic E-state index is 13.3. The van der Waals surface area contributed by atoms with Crippen LogP contribution in [0.15, 0.2) is 12.3 Å². The largest absolute Gasteiger partial charge is 0.368 e. The Morgan fingerprint density at radius 1 is 1.44 bits per heavy atom. The summed E-state index contributed by atoms with van der Waals surface area (Å²) in [7, 11) is 0. The van der Waals surface area contributed by atoms with Crippen molar-refractivity contribution in [3.05, 3.63) is 23.1 Å². The predicted octanol–water partition coefficient (Wildman–Crippen LogP) is 3.87. The maximum Gasteiger partial charge on any atom is 0.166 e. The fraction of sp³-hybridized carbons (Fsp3) is 0.583. The maximum atomic E-state index is 13.3. The monoisotopic (exact) mass is 242 g/mol. The van der Waals surface area contributed by atoms with E-state index >= 15 is 0 Å². The number of aromatic nitrogens is 1. The Balaban J connectivity index is 1.80. The zero-order valence-electron chi connectivity index (χ0n) is 9.18. The summed E-state index contributed by atoms with van der Waals surface area (Å²) in [5, 5.41) is 3.35. The highest BCUT2D eigenvalue weighted by Crippen LogP contribution is 2.27. The Morgan fingerprint density at radius 3 is 2.88 bits per heavy atom. The van der Waals surface area contributed by atoms with E-state index in [1.54, 1.807) is 0 Å². The van der Waals surface area contributed by atoms with Gasteiger partial charge >= 0.3 is 0 Å². The smallest absolute Gasteiger partial charge is 0.166 e. The van der Waals surface area contributed by atoms with Gasteiger partial charge in [-0.2, -0.15) is 0 Å². The van der Waals surface area contributed by atoms with E-state index < -0.39 is 0 Å². The lowest BCUT2D eigenvalue weighted by atomic mass is 10.0. The highest BCUT2D eigenvalue weighted by Gasteiger charge is 2.14. The van der Waals surface area contributed by atoms with Crippen LogP contribution in [-0.4, -0.2) is 11.5 Å². The summed E-state index contributed by atoms with van der Waals surface area (Å²) in [6.07, 6.45) is 7.89. The van der Waals surface area contributed by atoms with Crippen LogP contribution in [0.1, 0.15) is 32.1 Å². The Morgan fingerprint density at radius 2 is 2.19 bits per heavy atom. The van der Waals surface area contributed by atoms with Gasteiger partial charge in [0.25, 0.3) is 0 Å². The summed E-state index contributed by atoms with van der Waals surface area (Å²) in [4.78, 5) is 3.92. The molecule has 1 aromatic heterocycles. The molecule has 0 unspecified atom stereocenters. The second-order valence-corrected chi connectivity index (χ2v) is 4.79. The van der Waals surface area contributed by atoms with Crippen LogP contribution in [0.3, 0.4) is 0 Å². The first-order chi connectivity index (χ1) is 7.75. The molecular formula is C12H16ClFN2. The number of pyridine rings is 1. The number of hydrogen-bond acceptors (Lipinski definition) is 2. The van der Waals surface area contributed by atoms with E-state index in [1.165, 1.54) is 37.9 Å². The zero-order chi connectivity index (χ0) is 11.4. The van der Waals surface area contributed by atoms with E-state index in [4.69, 9.17) is 11.6 Å². The number of rotatable bonds is 4. The van der Waals surface area contributed by atoms with E-state index in [0.717, 1.165) is 18.9 Å². The second-order valence-electron chi connectivity index (χ2n) is 4.35. The number of halogens is 2. The first kappa shape index (κ1) is 11.6. The Kier molecular flexibility index (Phi) is 3.99. The van der Waals surface area contributed by atoms with Crippen LogP contribution in [0, 0.1) is 11.7 Å². The van der Waals surface area contributed by atoms with E-state index in [2.05, 4.69) is 10.3 Å². The molecule has 1 aliphatic rings. The normalized spacial score (nSPS) is 16.6. The van der Waals surface area contributed by atoms with Crippen LogP contribution in [0.25, 0.3) is 0 Å². The minimum atomic E-state index is -0.376. The van der Waals surface area contributed by atoms with Gasteiger partial charge in [0, 0.05) is 12.7 Å². The van der Waals surface area contributed by atoms with Crippen molar-refractivity contribution >= 4 is 17.4 Å². The lowest BCUT2D eigenvalue weighted by Crippen LogP contribution is -2.09. The third kappa shape index (κ3) is 3.08. The van der Waals surface area contributed by atoms with Crippen LogP contribution >= 0.6 is 11.6 Å². The average Bonchev–Trinajstić information content (AvgIpc) is 2.74. The minimum Gasteiger partial charge on any atom is -0.368 e. The van der Waals surface area contributed by atoms with Gasteiger partial charge in [0.2, 0.25) is 0 Å². The van der Waals surface area contributed by atoms with Crippen LogP contribution < -0.4 is 5.32 Å². The van der Waals surface area contributed by atoms with Crippen molar-refractivity contribution in [1.82, 2.24) is 4.98 Å². The summed E-state index contributed by atoms with van der Waals surface area (Å²) >= 11 is 5.62. The number of anilines is 1. The predicted molar refractivity (Wildman–Crippen MR) is 64.3 cm³/mol. The summed E-state index contributed by atoms with van der Waals surface area (Å²) in [5.41, 5.74) is 0. The minimum absolute atomic E-state index is 0.308. The van der Waals surface area contributed by atoms with Gasteiger partial charge in [0.15, 0.2) is 11.6 Å². The number of hydrogen-bond donors (Lipinski definition) is 1. The molecule has 4 heteroatoms. The highest BCUT2D eigenvalue weighted by molar-refractivity contribution is 6.30. The molecule has 16 heavy (non-hydrogen) atoms. The van der Waals surface area contributed by atoms with Gasteiger partial charge < -0.3 is 5.32 Å². The van der Waals surface area contributed by atoms with Crippen molar-refractivity contribution in [3.63, 3.8) is 0 Å². The molecule has 2 rings (SSSR count). The molecule has 1 N–H and O–H groups in total. The van der Waals surface area contributed by atoms with Crippen LogP contribution in [0.4, 0.5) is 10.2 Å². The van der Waals surface area contributed by atoms with E-state index in [0.29, 0.717) is 10.8 Å². The SMILES string of the molecule is Fc1cc(Cl)cnc1NCCC1CCCC1. The van der Waals surface area contributed by atoms with Gasteiger partial charge in [-0.05, 0) is 18.4 Å². The standard InChI is InChI=1S/C12H16ClFN2/c13-10-7-11(14)12(16-8-10)15-6-5-9-3-1-2-4-9/h7-9H,1-6H2,(H,15,16). The third-order valence-electron chi connectivity index (χ3n) is 3.13. The molecule has 0 radical (unpaired) electrons. The summed E-state index contributed by atoms with van der Waals surface area (Å²) < 4.78 is 13.3. The van der Waals surface area contributed by atoms with Gasteiger partial charge in [-0.25, -0.2) is 9.37 Å². The fourth-order valence-corrected chi connectivity index (χ4v) is 2.38. The molecule has 0 saturated heterocycles. The molecule has 1 fully saturated rings. The molecule has 1 aromatic rings. The van der Waals surface area contributed by atoms with Gasteiger partial charge in [-0.3, -0.25) is 0 Å². The van der Waals surface area contributed by atoms with Gasteiger partial charge in [0.1, 0.15) is 0 Å². The molecule has 0 amide bonds. The molecule has 0 spiro atoms. The first-order valence-corrected chi connectivity index (χ1v) is 6.18. The fourth-order valence-electron chi connectivity index (χ4n) is 2.24. The van der Waals surface area contributed by atoms with Crippen LogP contribution in [0.5, 0.6) is 0 Å². The molecule has 0 atom stereocenters. The second kappa shape index (κ2) is 5.48. The summed E-state index contributed by atoms with van der Waals surface area (Å²) in [5.74, 6) is 0.740. The zero-order valence-corrected chi connectivity index (χ0v) is 9.93. The van der Waals surface area contributed by atoms with Gasteiger partial charge in [-0.15, -0.1) is 0 Å².